The van der Waals surface area contributed by atoms with Crippen LogP contribution in [0.2, 0.25) is 0 Å². The van der Waals surface area contributed by atoms with E-state index in [1.54, 1.807) is 4.90 Å². The molecular formula is C41H52N4O8. The van der Waals surface area contributed by atoms with Crippen LogP contribution in [0, 0.1) is 19.8 Å². The molecule has 53 heavy (non-hydrogen) atoms. The second-order valence-corrected chi connectivity index (χ2v) is 13.9. The Morgan fingerprint density at radius 1 is 0.849 bits per heavy atom. The summed E-state index contributed by atoms with van der Waals surface area (Å²) in [5.41, 5.74) is 3.53. The summed E-state index contributed by atoms with van der Waals surface area (Å²) in [6.45, 7) is 8.24. The fraction of sp³-hybridized carbons (Fsp3) is 0.439. The van der Waals surface area contributed by atoms with Crippen LogP contribution in [0.25, 0.3) is 0 Å². The van der Waals surface area contributed by atoms with E-state index in [0.717, 1.165) is 22.3 Å². The molecule has 0 spiro atoms. The highest BCUT2D eigenvalue weighted by Crippen LogP contribution is 2.23. The lowest BCUT2D eigenvalue weighted by Crippen LogP contribution is -2.59. The zero-order valence-electron chi connectivity index (χ0n) is 31.0. The van der Waals surface area contributed by atoms with Crippen LogP contribution < -0.4 is 20.7 Å². The topological polar surface area (TPSA) is 163 Å². The van der Waals surface area contributed by atoms with Crippen LogP contribution >= 0.6 is 0 Å². The van der Waals surface area contributed by atoms with Gasteiger partial charge in [0, 0.05) is 25.6 Å². The Morgan fingerprint density at radius 2 is 1.47 bits per heavy atom. The van der Waals surface area contributed by atoms with Crippen molar-refractivity contribution in [2.24, 2.45) is 5.92 Å². The maximum atomic E-state index is 14.1. The molecule has 0 unspecified atom stereocenters. The van der Waals surface area contributed by atoms with E-state index in [9.17, 15) is 29.1 Å². The molecule has 12 nitrogen and oxygen atoms in total. The smallest absolute Gasteiger partial charge is 0.318 e. The van der Waals surface area contributed by atoms with Gasteiger partial charge in [0.25, 0.3) is 5.91 Å². The number of rotatable bonds is 19. The van der Waals surface area contributed by atoms with Crippen LogP contribution in [0.15, 0.2) is 78.9 Å². The molecule has 0 aliphatic carbocycles. The van der Waals surface area contributed by atoms with Gasteiger partial charge in [0.2, 0.25) is 5.91 Å². The van der Waals surface area contributed by atoms with Gasteiger partial charge in [0.1, 0.15) is 17.9 Å². The second-order valence-electron chi connectivity index (χ2n) is 13.9. The minimum Gasteiger partial charge on any atom is -0.483 e. The number of hydrogen-bond donors (Lipinski definition) is 4. The number of hydrogen-bond acceptors (Lipinski definition) is 7. The van der Waals surface area contributed by atoms with E-state index in [-0.39, 0.29) is 43.7 Å². The van der Waals surface area contributed by atoms with Crippen molar-refractivity contribution in [2.75, 3.05) is 19.7 Å². The highest BCUT2D eigenvalue weighted by molar-refractivity contribution is 5.88. The number of nitrogens with one attached hydrogen (secondary N) is 3. The van der Waals surface area contributed by atoms with Crippen LogP contribution in [0.4, 0.5) is 4.79 Å². The zero-order valence-corrected chi connectivity index (χ0v) is 31.0. The van der Waals surface area contributed by atoms with Gasteiger partial charge in [-0.3, -0.25) is 19.2 Å². The van der Waals surface area contributed by atoms with Crippen molar-refractivity contribution in [1.29, 1.82) is 0 Å². The van der Waals surface area contributed by atoms with Gasteiger partial charge in [-0.05, 0) is 61.3 Å². The lowest BCUT2D eigenvalue weighted by molar-refractivity contribution is -0.154. The number of urea groups is 1. The molecule has 0 radical (unpaired) electrons. The fourth-order valence-corrected chi connectivity index (χ4v) is 6.66. The molecule has 0 aromatic heterocycles. The van der Waals surface area contributed by atoms with Crippen LogP contribution in [0.1, 0.15) is 61.8 Å². The van der Waals surface area contributed by atoms with Crippen molar-refractivity contribution in [1.82, 2.24) is 20.9 Å². The van der Waals surface area contributed by atoms with E-state index in [2.05, 4.69) is 16.0 Å². The van der Waals surface area contributed by atoms with E-state index in [4.69, 9.17) is 9.47 Å². The van der Waals surface area contributed by atoms with Gasteiger partial charge in [0.15, 0.2) is 6.61 Å². The van der Waals surface area contributed by atoms with E-state index < -0.39 is 48.5 Å². The van der Waals surface area contributed by atoms with Gasteiger partial charge >= 0.3 is 18.0 Å². The monoisotopic (exact) mass is 728 g/mol. The van der Waals surface area contributed by atoms with Gasteiger partial charge in [-0.25, -0.2) is 4.79 Å². The van der Waals surface area contributed by atoms with E-state index in [1.165, 1.54) is 0 Å². The lowest BCUT2D eigenvalue weighted by atomic mass is 9.92. The molecule has 4 atom stereocenters. The highest BCUT2D eigenvalue weighted by atomic mass is 16.5. The Morgan fingerprint density at radius 3 is 2.06 bits per heavy atom. The molecule has 1 aliphatic heterocycles. The number of carboxylic acid groups (broad SMARTS) is 1. The van der Waals surface area contributed by atoms with Crippen molar-refractivity contribution in [3.8, 4) is 5.75 Å². The summed E-state index contributed by atoms with van der Waals surface area (Å²) < 4.78 is 12.0. The maximum Gasteiger partial charge on any atom is 0.318 e. The van der Waals surface area contributed by atoms with Gasteiger partial charge in [-0.1, -0.05) is 92.7 Å². The average molecular weight is 729 g/mol. The lowest BCUT2D eigenvalue weighted by Gasteiger charge is -2.37. The first kappa shape index (κ1) is 40.4. The van der Waals surface area contributed by atoms with Crippen LogP contribution in [-0.2, 0) is 36.8 Å². The van der Waals surface area contributed by atoms with Gasteiger partial charge in [0.05, 0.1) is 18.9 Å². The number of amides is 4. The Hall–Kier alpha value is -5.39. The number of aryl methyl sites for hydroxylation is 2. The van der Waals surface area contributed by atoms with Crippen molar-refractivity contribution in [3.05, 3.63) is 101 Å². The number of esters is 1. The largest absolute Gasteiger partial charge is 0.483 e. The fourth-order valence-electron chi connectivity index (χ4n) is 6.66. The molecule has 1 saturated heterocycles. The summed E-state index contributed by atoms with van der Waals surface area (Å²) in [4.78, 5) is 66.7. The van der Waals surface area contributed by atoms with Gasteiger partial charge in [-0.15, -0.1) is 0 Å². The van der Waals surface area contributed by atoms with E-state index in [1.807, 2.05) is 107 Å². The van der Waals surface area contributed by atoms with Crippen molar-refractivity contribution in [2.45, 2.75) is 90.4 Å². The summed E-state index contributed by atoms with van der Waals surface area (Å²) in [5.74, 6) is -2.29. The number of aliphatic carboxylic acids is 1. The predicted molar refractivity (Wildman–Crippen MR) is 200 cm³/mol. The molecule has 1 fully saturated rings. The quantitative estimate of drug-likeness (QED) is 0.129. The van der Waals surface area contributed by atoms with Crippen LogP contribution in [0.3, 0.4) is 0 Å². The Balaban J connectivity index is 1.67. The molecule has 3 aromatic rings. The first-order chi connectivity index (χ1) is 25.4. The molecule has 3 aromatic carbocycles. The number of ether oxygens (including phenoxy) is 2. The first-order valence-corrected chi connectivity index (χ1v) is 18.2. The molecule has 284 valence electrons. The third kappa shape index (κ3) is 12.7. The number of benzene rings is 3. The first-order valence-electron chi connectivity index (χ1n) is 18.2. The molecule has 0 saturated carbocycles. The number of carbonyl (C=O) groups is 5. The normalized spacial score (nSPS) is 15.0. The maximum absolute atomic E-state index is 14.1. The Kier molecular flexibility index (Phi) is 15.2. The van der Waals surface area contributed by atoms with Crippen LogP contribution in [0.5, 0.6) is 5.75 Å². The zero-order chi connectivity index (χ0) is 38.3. The Bertz CT molecular complexity index is 1660. The van der Waals surface area contributed by atoms with E-state index in [0.29, 0.717) is 31.7 Å². The molecule has 1 heterocycles. The summed E-state index contributed by atoms with van der Waals surface area (Å²) in [6.07, 6.45) is -0.392. The van der Waals surface area contributed by atoms with Crippen LogP contribution in [-0.4, -0.2) is 83.7 Å². The van der Waals surface area contributed by atoms with Crippen molar-refractivity contribution in [3.63, 3.8) is 0 Å². The van der Waals surface area contributed by atoms with E-state index >= 15 is 0 Å². The molecular weight excluding hydrogens is 676 g/mol. The predicted octanol–water partition coefficient (Wildman–Crippen LogP) is 4.74. The number of carbonyl (C=O) groups excluding carboxylic acids is 4. The third-order valence-corrected chi connectivity index (χ3v) is 9.21. The SMILES string of the molecule is Cc1cccc(C)c1OCC(=O)N[C@@H](Cc1ccccc1)[C@H](C[C@H](Cc1ccccc1)NC(=O)[C@H](C(C)C)N1CCCNC1=O)OC(=O)CCC(=O)O. The van der Waals surface area contributed by atoms with Crippen molar-refractivity contribution < 1.29 is 38.6 Å². The van der Waals surface area contributed by atoms with Gasteiger partial charge < -0.3 is 35.4 Å². The minimum absolute atomic E-state index is 0.0754. The summed E-state index contributed by atoms with van der Waals surface area (Å²) >= 11 is 0. The van der Waals surface area contributed by atoms with Crippen molar-refractivity contribution >= 4 is 29.8 Å². The summed E-state index contributed by atoms with van der Waals surface area (Å²) in [6, 6.07) is 22.2. The number of carboxylic acids is 1. The second kappa shape index (κ2) is 20.0. The minimum atomic E-state index is -1.15. The molecule has 4 amide bonds. The average Bonchev–Trinajstić information content (AvgIpc) is 3.11. The molecule has 4 rings (SSSR count). The number of para-hydroxylation sites is 1. The summed E-state index contributed by atoms with van der Waals surface area (Å²) in [7, 11) is 0. The molecule has 12 heteroatoms. The highest BCUT2D eigenvalue weighted by Gasteiger charge is 2.36. The summed E-state index contributed by atoms with van der Waals surface area (Å²) in [5, 5.41) is 18.3. The molecule has 0 bridgehead atoms. The van der Waals surface area contributed by atoms with Gasteiger partial charge in [-0.2, -0.15) is 0 Å². The molecule has 1 aliphatic rings. The molecule has 4 N–H and O–H groups in total. The number of nitrogens with zero attached hydrogens (tertiary/aromatic N) is 1. The Labute approximate surface area is 311 Å². The standard InChI is InChI=1S/C41H52N4O8/c1-27(2)38(45-22-12-21-42-41(45)51)40(50)43-32(23-30-15-7-5-8-16-30)25-34(53-37(49)20-19-36(47)48)33(24-31-17-9-6-10-18-31)44-35(46)26-52-39-28(3)13-11-14-29(39)4/h5-11,13-18,27,32-34,38H,12,19-26H2,1-4H3,(H,42,51)(H,43,50)(H,44,46)(H,47,48)/t32-,33-,34-,38-/m0/s1. The third-order valence-electron chi connectivity index (χ3n) is 9.21.